The molecule has 0 saturated carbocycles. The summed E-state index contributed by atoms with van der Waals surface area (Å²) < 4.78 is 0. The molecule has 2 aliphatic rings. The SMILES string of the molecule is c1cc2nc(N3CCCCCC3)ncc2cc1CN1CCCC1. The predicted octanol–water partition coefficient (Wildman–Crippen LogP) is 3.61. The van der Waals surface area contributed by atoms with Crippen molar-refractivity contribution in [2.75, 3.05) is 31.1 Å². The maximum Gasteiger partial charge on any atom is 0.225 e. The zero-order valence-electron chi connectivity index (χ0n) is 13.9. The van der Waals surface area contributed by atoms with Crippen LogP contribution >= 0.6 is 0 Å². The third-order valence-corrected chi connectivity index (χ3v) is 5.13. The standard InChI is InChI=1S/C19H26N4/c1-2-4-12-23(11-3-1)19-20-14-17-13-16(7-8-18(17)21-19)15-22-9-5-6-10-22/h7-8,13-14H,1-6,9-12,15H2. The van der Waals surface area contributed by atoms with Gasteiger partial charge in [0, 0.05) is 31.2 Å². The Bertz CT molecular complexity index is 655. The molecule has 0 bridgehead atoms. The van der Waals surface area contributed by atoms with Gasteiger partial charge in [-0.15, -0.1) is 0 Å². The van der Waals surface area contributed by atoms with Gasteiger partial charge in [0.05, 0.1) is 5.52 Å². The highest BCUT2D eigenvalue weighted by Gasteiger charge is 2.14. The maximum absolute atomic E-state index is 4.81. The molecule has 0 atom stereocenters. The maximum atomic E-state index is 4.81. The van der Waals surface area contributed by atoms with E-state index in [4.69, 9.17) is 4.98 Å². The molecule has 0 amide bonds. The molecule has 4 nitrogen and oxygen atoms in total. The number of aromatic nitrogens is 2. The smallest absolute Gasteiger partial charge is 0.225 e. The zero-order chi connectivity index (χ0) is 15.5. The van der Waals surface area contributed by atoms with E-state index in [1.54, 1.807) is 0 Å². The summed E-state index contributed by atoms with van der Waals surface area (Å²) >= 11 is 0. The van der Waals surface area contributed by atoms with Gasteiger partial charge in [0.15, 0.2) is 0 Å². The number of likely N-dealkylation sites (tertiary alicyclic amines) is 1. The number of benzene rings is 1. The van der Waals surface area contributed by atoms with Gasteiger partial charge < -0.3 is 4.90 Å². The summed E-state index contributed by atoms with van der Waals surface area (Å²) in [6.45, 7) is 5.73. The quantitative estimate of drug-likeness (QED) is 0.867. The minimum Gasteiger partial charge on any atom is -0.341 e. The molecule has 2 fully saturated rings. The lowest BCUT2D eigenvalue weighted by Gasteiger charge is -2.20. The van der Waals surface area contributed by atoms with Crippen LogP contribution in [0.4, 0.5) is 5.95 Å². The molecule has 2 aliphatic heterocycles. The van der Waals surface area contributed by atoms with E-state index in [0.717, 1.165) is 31.1 Å². The van der Waals surface area contributed by atoms with Crippen LogP contribution in [0.3, 0.4) is 0 Å². The Morgan fingerprint density at radius 3 is 2.39 bits per heavy atom. The largest absolute Gasteiger partial charge is 0.341 e. The molecule has 4 heteroatoms. The van der Waals surface area contributed by atoms with Crippen LogP contribution in [0.5, 0.6) is 0 Å². The number of hydrogen-bond acceptors (Lipinski definition) is 4. The van der Waals surface area contributed by atoms with Crippen LogP contribution < -0.4 is 4.90 Å². The van der Waals surface area contributed by atoms with Crippen molar-refractivity contribution >= 4 is 16.9 Å². The fourth-order valence-electron chi connectivity index (χ4n) is 3.79. The van der Waals surface area contributed by atoms with Crippen molar-refractivity contribution in [3.63, 3.8) is 0 Å². The Morgan fingerprint density at radius 1 is 0.870 bits per heavy atom. The van der Waals surface area contributed by atoms with Gasteiger partial charge in [-0.1, -0.05) is 18.9 Å². The second-order valence-electron chi connectivity index (χ2n) is 6.95. The minimum atomic E-state index is 0.909. The first kappa shape index (κ1) is 14.9. The van der Waals surface area contributed by atoms with Crippen molar-refractivity contribution in [3.05, 3.63) is 30.0 Å². The molecule has 1 aromatic carbocycles. The number of nitrogens with zero attached hydrogens (tertiary/aromatic N) is 4. The van der Waals surface area contributed by atoms with Gasteiger partial charge in [0.25, 0.3) is 0 Å². The summed E-state index contributed by atoms with van der Waals surface area (Å²) in [5, 5.41) is 1.17. The molecule has 23 heavy (non-hydrogen) atoms. The molecule has 0 spiro atoms. The predicted molar refractivity (Wildman–Crippen MR) is 94.7 cm³/mol. The average Bonchev–Trinajstić information content (AvgIpc) is 2.94. The molecule has 4 rings (SSSR count). The number of anilines is 1. The lowest BCUT2D eigenvalue weighted by Crippen LogP contribution is -2.25. The van der Waals surface area contributed by atoms with E-state index < -0.39 is 0 Å². The van der Waals surface area contributed by atoms with Crippen molar-refractivity contribution in [3.8, 4) is 0 Å². The van der Waals surface area contributed by atoms with Gasteiger partial charge in [-0.25, -0.2) is 9.97 Å². The van der Waals surface area contributed by atoms with Crippen LogP contribution in [0, 0.1) is 0 Å². The molecule has 2 aromatic rings. The molecular formula is C19H26N4. The first-order valence-electron chi connectivity index (χ1n) is 9.11. The van der Waals surface area contributed by atoms with E-state index in [2.05, 4.69) is 33.0 Å². The highest BCUT2D eigenvalue weighted by atomic mass is 15.2. The van der Waals surface area contributed by atoms with E-state index in [1.165, 1.54) is 62.6 Å². The Hall–Kier alpha value is -1.68. The first-order valence-corrected chi connectivity index (χ1v) is 9.11. The second kappa shape index (κ2) is 6.83. The average molecular weight is 310 g/mol. The summed E-state index contributed by atoms with van der Waals surface area (Å²) in [6, 6.07) is 6.67. The zero-order valence-corrected chi connectivity index (χ0v) is 13.9. The highest BCUT2D eigenvalue weighted by Crippen LogP contribution is 2.21. The van der Waals surface area contributed by atoms with E-state index >= 15 is 0 Å². The molecule has 122 valence electrons. The van der Waals surface area contributed by atoms with Gasteiger partial charge in [-0.2, -0.15) is 0 Å². The van der Waals surface area contributed by atoms with E-state index in [1.807, 2.05) is 6.20 Å². The monoisotopic (exact) mass is 310 g/mol. The van der Waals surface area contributed by atoms with Crippen LogP contribution in [0.15, 0.2) is 24.4 Å². The van der Waals surface area contributed by atoms with E-state index in [-0.39, 0.29) is 0 Å². The number of hydrogen-bond donors (Lipinski definition) is 0. The first-order chi connectivity index (χ1) is 11.4. The summed E-state index contributed by atoms with van der Waals surface area (Å²) in [6.07, 6.45) is 9.89. The van der Waals surface area contributed by atoms with Crippen molar-refractivity contribution in [1.29, 1.82) is 0 Å². The molecule has 0 unspecified atom stereocenters. The van der Waals surface area contributed by atoms with Gasteiger partial charge >= 0.3 is 0 Å². The molecule has 0 radical (unpaired) electrons. The van der Waals surface area contributed by atoms with Crippen LogP contribution in [-0.2, 0) is 6.54 Å². The lowest BCUT2D eigenvalue weighted by atomic mass is 10.1. The molecule has 2 saturated heterocycles. The highest BCUT2D eigenvalue weighted by molar-refractivity contribution is 5.79. The molecular weight excluding hydrogens is 284 g/mol. The Kier molecular flexibility index (Phi) is 4.42. The van der Waals surface area contributed by atoms with Crippen LogP contribution in [0.1, 0.15) is 44.1 Å². The van der Waals surface area contributed by atoms with Gasteiger partial charge in [-0.05, 0) is 56.5 Å². The van der Waals surface area contributed by atoms with Crippen molar-refractivity contribution < 1.29 is 0 Å². The lowest BCUT2D eigenvalue weighted by molar-refractivity contribution is 0.331. The second-order valence-corrected chi connectivity index (χ2v) is 6.95. The van der Waals surface area contributed by atoms with Crippen LogP contribution in [0.25, 0.3) is 10.9 Å². The number of rotatable bonds is 3. The van der Waals surface area contributed by atoms with Crippen LogP contribution in [-0.4, -0.2) is 41.0 Å². The summed E-state index contributed by atoms with van der Waals surface area (Å²) in [5.74, 6) is 0.909. The fraction of sp³-hybridized carbons (Fsp3) is 0.579. The summed E-state index contributed by atoms with van der Waals surface area (Å²) in [5.41, 5.74) is 2.45. The third-order valence-electron chi connectivity index (χ3n) is 5.13. The number of fused-ring (bicyclic) bond motifs is 1. The molecule has 0 N–H and O–H groups in total. The van der Waals surface area contributed by atoms with Crippen molar-refractivity contribution in [2.24, 2.45) is 0 Å². The third kappa shape index (κ3) is 3.47. The summed E-state index contributed by atoms with van der Waals surface area (Å²) in [4.78, 5) is 14.3. The van der Waals surface area contributed by atoms with Crippen molar-refractivity contribution in [2.45, 2.75) is 45.1 Å². The fourth-order valence-corrected chi connectivity index (χ4v) is 3.79. The Morgan fingerprint density at radius 2 is 1.61 bits per heavy atom. The Labute approximate surface area is 138 Å². The van der Waals surface area contributed by atoms with Crippen LogP contribution in [0.2, 0.25) is 0 Å². The molecule has 3 heterocycles. The summed E-state index contributed by atoms with van der Waals surface area (Å²) in [7, 11) is 0. The van der Waals surface area contributed by atoms with Gasteiger partial charge in [-0.3, -0.25) is 4.90 Å². The topological polar surface area (TPSA) is 32.3 Å². The van der Waals surface area contributed by atoms with E-state index in [0.29, 0.717) is 0 Å². The molecule has 1 aromatic heterocycles. The van der Waals surface area contributed by atoms with Crippen molar-refractivity contribution in [1.82, 2.24) is 14.9 Å². The molecule has 0 aliphatic carbocycles. The van der Waals surface area contributed by atoms with Gasteiger partial charge in [0.2, 0.25) is 5.95 Å². The minimum absolute atomic E-state index is 0.909. The normalized spacial score (nSPS) is 20.1. The van der Waals surface area contributed by atoms with Gasteiger partial charge in [0.1, 0.15) is 0 Å². The Balaban J connectivity index is 1.54. The van der Waals surface area contributed by atoms with E-state index in [9.17, 15) is 0 Å².